The number of amides is 1. The monoisotopic (exact) mass is 430 g/mol. The second kappa shape index (κ2) is 8.67. The van der Waals surface area contributed by atoms with E-state index in [-0.39, 0.29) is 42.0 Å². The second-order valence-corrected chi connectivity index (χ2v) is 10.0. The molecule has 170 valence electrons. The Morgan fingerprint density at radius 1 is 1.16 bits per heavy atom. The minimum absolute atomic E-state index is 0.134. The van der Waals surface area contributed by atoms with Crippen molar-refractivity contribution in [2.75, 3.05) is 6.54 Å². The molecular weight excluding hydrogens is 395 g/mol. The Hall–Kier alpha value is -2.31. The SMILES string of the molecule is CCN=C(NC1CC2CCC(C1)N2C(=O)OC(C)(C)C)NC1CC1c1ccccc1F. The molecule has 2 saturated heterocycles. The third kappa shape index (κ3) is 5.13. The summed E-state index contributed by atoms with van der Waals surface area (Å²) >= 11 is 0. The number of ether oxygens (including phenoxy) is 1. The van der Waals surface area contributed by atoms with Crippen molar-refractivity contribution >= 4 is 12.1 Å². The standard InChI is InChI=1S/C24H35FN4O2/c1-5-26-22(28-21-14-19(21)18-8-6-7-9-20(18)25)27-15-12-16-10-11-17(13-15)29(16)23(30)31-24(2,3)4/h6-9,15-17,19,21H,5,10-14H2,1-4H3,(H2,26,27,28). The lowest BCUT2D eigenvalue weighted by molar-refractivity contribution is 0.00545. The lowest BCUT2D eigenvalue weighted by Crippen LogP contribution is -2.55. The van der Waals surface area contributed by atoms with Crippen LogP contribution < -0.4 is 10.6 Å². The van der Waals surface area contributed by atoms with Crippen LogP contribution in [0.5, 0.6) is 0 Å². The Morgan fingerprint density at radius 3 is 2.45 bits per heavy atom. The van der Waals surface area contributed by atoms with E-state index in [1.54, 1.807) is 6.07 Å². The van der Waals surface area contributed by atoms with Crippen LogP contribution in [0, 0.1) is 5.82 Å². The highest BCUT2D eigenvalue weighted by atomic mass is 19.1. The first-order valence-electron chi connectivity index (χ1n) is 11.6. The topological polar surface area (TPSA) is 66.0 Å². The number of fused-ring (bicyclic) bond motifs is 2. The molecule has 31 heavy (non-hydrogen) atoms. The van der Waals surface area contributed by atoms with Crippen molar-refractivity contribution in [3.63, 3.8) is 0 Å². The molecule has 2 heterocycles. The number of hydrogen-bond acceptors (Lipinski definition) is 3. The number of rotatable bonds is 4. The molecule has 7 heteroatoms. The van der Waals surface area contributed by atoms with Crippen LogP contribution in [0.25, 0.3) is 0 Å². The summed E-state index contributed by atoms with van der Waals surface area (Å²) in [5.41, 5.74) is 0.301. The number of aliphatic imine (C=N–C) groups is 1. The van der Waals surface area contributed by atoms with Gasteiger partial charge >= 0.3 is 6.09 Å². The van der Waals surface area contributed by atoms with Crippen molar-refractivity contribution in [2.45, 2.75) is 95.5 Å². The highest BCUT2D eigenvalue weighted by Gasteiger charge is 2.45. The van der Waals surface area contributed by atoms with E-state index in [4.69, 9.17) is 4.74 Å². The number of hydrogen-bond donors (Lipinski definition) is 2. The molecule has 1 aromatic carbocycles. The van der Waals surface area contributed by atoms with Crippen molar-refractivity contribution in [3.05, 3.63) is 35.6 Å². The average molecular weight is 431 g/mol. The van der Waals surface area contributed by atoms with Gasteiger partial charge < -0.3 is 20.3 Å². The predicted molar refractivity (Wildman–Crippen MR) is 120 cm³/mol. The summed E-state index contributed by atoms with van der Waals surface area (Å²) in [6.07, 6.45) is 4.54. The van der Waals surface area contributed by atoms with Crippen molar-refractivity contribution in [1.82, 2.24) is 15.5 Å². The Balaban J connectivity index is 1.34. The number of nitrogens with one attached hydrogen (secondary N) is 2. The van der Waals surface area contributed by atoms with E-state index in [2.05, 4.69) is 15.6 Å². The summed E-state index contributed by atoms with van der Waals surface area (Å²) in [5.74, 6) is 0.849. The second-order valence-electron chi connectivity index (χ2n) is 10.0. The molecule has 6 nitrogen and oxygen atoms in total. The fourth-order valence-electron chi connectivity index (χ4n) is 5.04. The van der Waals surface area contributed by atoms with Gasteiger partial charge in [0.15, 0.2) is 5.96 Å². The van der Waals surface area contributed by atoms with E-state index in [9.17, 15) is 9.18 Å². The lowest BCUT2D eigenvalue weighted by Gasteiger charge is -2.40. The molecule has 1 amide bonds. The number of nitrogens with zero attached hydrogens (tertiary/aromatic N) is 2. The summed E-state index contributed by atoms with van der Waals surface area (Å²) in [6, 6.07) is 7.90. The molecule has 4 rings (SSSR count). The van der Waals surface area contributed by atoms with Crippen LogP contribution in [0.15, 0.2) is 29.3 Å². The zero-order valence-electron chi connectivity index (χ0n) is 19.0. The van der Waals surface area contributed by atoms with E-state index in [0.29, 0.717) is 6.54 Å². The maximum absolute atomic E-state index is 14.1. The Bertz CT molecular complexity index is 823. The third-order valence-electron chi connectivity index (χ3n) is 6.41. The largest absolute Gasteiger partial charge is 0.444 e. The van der Waals surface area contributed by atoms with E-state index >= 15 is 0 Å². The minimum Gasteiger partial charge on any atom is -0.444 e. The molecular formula is C24H35FN4O2. The number of piperidine rings is 1. The average Bonchev–Trinajstić information content (AvgIpc) is 3.37. The van der Waals surface area contributed by atoms with Crippen LogP contribution in [0.1, 0.15) is 71.3 Å². The summed E-state index contributed by atoms with van der Waals surface area (Å²) in [7, 11) is 0. The maximum Gasteiger partial charge on any atom is 0.410 e. The van der Waals surface area contributed by atoms with Gasteiger partial charge in [-0.1, -0.05) is 18.2 Å². The molecule has 0 aromatic heterocycles. The Kier molecular flexibility index (Phi) is 6.13. The van der Waals surface area contributed by atoms with Gasteiger partial charge in [-0.05, 0) is 71.4 Å². The van der Waals surface area contributed by atoms with Crippen LogP contribution in [-0.4, -0.2) is 53.3 Å². The van der Waals surface area contributed by atoms with Gasteiger partial charge in [0.25, 0.3) is 0 Å². The molecule has 0 radical (unpaired) electrons. The Labute approximate surface area is 184 Å². The molecule has 1 aromatic rings. The highest BCUT2D eigenvalue weighted by Crippen LogP contribution is 2.42. The molecule has 1 saturated carbocycles. The fourth-order valence-corrected chi connectivity index (χ4v) is 5.04. The molecule has 4 unspecified atom stereocenters. The number of guanidine groups is 1. The van der Waals surface area contributed by atoms with E-state index in [0.717, 1.165) is 43.6 Å². The number of carbonyl (C=O) groups is 1. The maximum atomic E-state index is 14.1. The van der Waals surface area contributed by atoms with Gasteiger partial charge in [0.2, 0.25) is 0 Å². The van der Waals surface area contributed by atoms with Crippen molar-refractivity contribution in [1.29, 1.82) is 0 Å². The first-order chi connectivity index (χ1) is 14.7. The number of benzene rings is 1. The molecule has 0 spiro atoms. The van der Waals surface area contributed by atoms with Gasteiger partial charge in [-0.15, -0.1) is 0 Å². The van der Waals surface area contributed by atoms with Gasteiger partial charge in [-0.25, -0.2) is 9.18 Å². The van der Waals surface area contributed by atoms with Crippen LogP contribution in [0.2, 0.25) is 0 Å². The third-order valence-corrected chi connectivity index (χ3v) is 6.41. The van der Waals surface area contributed by atoms with Gasteiger partial charge in [-0.2, -0.15) is 0 Å². The molecule has 3 aliphatic rings. The number of halogens is 1. The first-order valence-corrected chi connectivity index (χ1v) is 11.6. The molecule has 4 atom stereocenters. The predicted octanol–water partition coefficient (Wildman–Crippen LogP) is 4.17. The lowest BCUT2D eigenvalue weighted by atomic mass is 9.98. The van der Waals surface area contributed by atoms with E-state index in [1.165, 1.54) is 6.07 Å². The summed E-state index contributed by atoms with van der Waals surface area (Å²) in [5, 5.41) is 7.09. The van der Waals surface area contributed by atoms with Crippen molar-refractivity contribution in [3.8, 4) is 0 Å². The molecule has 2 bridgehead atoms. The van der Waals surface area contributed by atoms with Crippen molar-refractivity contribution in [2.24, 2.45) is 4.99 Å². The fraction of sp³-hybridized carbons (Fsp3) is 0.667. The quantitative estimate of drug-likeness (QED) is 0.556. The van der Waals surface area contributed by atoms with Crippen molar-refractivity contribution < 1.29 is 13.9 Å². The van der Waals surface area contributed by atoms with Crippen LogP contribution in [-0.2, 0) is 4.74 Å². The summed E-state index contributed by atoms with van der Waals surface area (Å²) in [4.78, 5) is 19.3. The summed E-state index contributed by atoms with van der Waals surface area (Å²) < 4.78 is 19.7. The van der Waals surface area contributed by atoms with Gasteiger partial charge in [-0.3, -0.25) is 4.99 Å². The van der Waals surface area contributed by atoms with E-state index in [1.807, 2.05) is 44.7 Å². The van der Waals surface area contributed by atoms with Crippen LogP contribution in [0.4, 0.5) is 9.18 Å². The zero-order chi connectivity index (χ0) is 22.2. The molecule has 2 aliphatic heterocycles. The van der Waals surface area contributed by atoms with E-state index < -0.39 is 5.60 Å². The smallest absolute Gasteiger partial charge is 0.410 e. The van der Waals surface area contributed by atoms with Crippen LogP contribution in [0.3, 0.4) is 0 Å². The highest BCUT2D eigenvalue weighted by molar-refractivity contribution is 5.81. The van der Waals surface area contributed by atoms with Crippen LogP contribution >= 0.6 is 0 Å². The number of carbonyl (C=O) groups excluding carboxylic acids is 1. The summed E-state index contributed by atoms with van der Waals surface area (Å²) in [6.45, 7) is 8.42. The Morgan fingerprint density at radius 2 is 1.84 bits per heavy atom. The van der Waals surface area contributed by atoms with Gasteiger partial charge in [0.05, 0.1) is 0 Å². The molecule has 1 aliphatic carbocycles. The first kappa shape index (κ1) is 21.9. The van der Waals surface area contributed by atoms with Gasteiger partial charge in [0.1, 0.15) is 11.4 Å². The normalized spacial score (nSPS) is 30.2. The molecule has 2 N–H and O–H groups in total. The zero-order valence-corrected chi connectivity index (χ0v) is 19.0. The molecule has 3 fully saturated rings. The van der Waals surface area contributed by atoms with Gasteiger partial charge in [0, 0.05) is 36.6 Å². The minimum atomic E-state index is -0.477.